The van der Waals surface area contributed by atoms with E-state index in [1.807, 2.05) is 43.3 Å². The fraction of sp³-hybridized carbons (Fsp3) is 0.385. The van der Waals surface area contributed by atoms with Gasteiger partial charge in [0.25, 0.3) is 5.91 Å². The fourth-order valence-electron chi connectivity index (χ4n) is 7.34. The number of carbonyl (C=O) groups is 2. The number of fused-ring (bicyclic) bond motifs is 1. The van der Waals surface area contributed by atoms with Crippen LogP contribution in [-0.2, 0) is 24.3 Å². The standard InChI is InChI=1S/C39H42Cl2N6O5/c1-39(50)15-16-47(22-39)21-23-9-13-33(43-18-23)45-36(49)30-8-4-7-29(35(30)41)26-5-3-6-28-27(26)11-12-32(28)52-38-31(40)17-24(37(46-38)51-2)19-42-20-25-10-14-34(48)44-25/h3-9,13,17-18,25,32,42,50H,10-12,14-16,19-22H2,1-2H3,(H,44,48)(H,43,45,49)/t25-,32-,39?/m0/s1. The van der Waals surface area contributed by atoms with Crippen molar-refractivity contribution in [3.8, 4) is 22.9 Å². The van der Waals surface area contributed by atoms with Crippen LogP contribution in [0.4, 0.5) is 5.82 Å². The van der Waals surface area contributed by atoms with Crippen LogP contribution in [0.15, 0.2) is 60.8 Å². The molecule has 7 rings (SSSR count). The zero-order valence-electron chi connectivity index (χ0n) is 29.2. The molecule has 0 spiro atoms. The Morgan fingerprint density at radius 3 is 2.65 bits per heavy atom. The van der Waals surface area contributed by atoms with Gasteiger partial charge in [-0.25, -0.2) is 4.98 Å². The van der Waals surface area contributed by atoms with Crippen LogP contribution >= 0.6 is 23.2 Å². The number of aliphatic hydroxyl groups is 1. The molecular weight excluding hydrogens is 703 g/mol. The lowest BCUT2D eigenvalue weighted by Crippen LogP contribution is -2.35. The highest BCUT2D eigenvalue weighted by molar-refractivity contribution is 6.37. The first-order valence-electron chi connectivity index (χ1n) is 17.6. The molecule has 272 valence electrons. The first-order valence-corrected chi connectivity index (χ1v) is 18.3. The Labute approximate surface area is 313 Å². The Bertz CT molecular complexity index is 1970. The van der Waals surface area contributed by atoms with E-state index in [9.17, 15) is 14.7 Å². The van der Waals surface area contributed by atoms with Crippen molar-refractivity contribution in [2.24, 2.45) is 0 Å². The van der Waals surface area contributed by atoms with Gasteiger partial charge in [-0.1, -0.05) is 59.6 Å². The summed E-state index contributed by atoms with van der Waals surface area (Å²) in [6, 6.07) is 17.1. The van der Waals surface area contributed by atoms with Gasteiger partial charge in [0.1, 0.15) is 16.9 Å². The lowest BCUT2D eigenvalue weighted by atomic mass is 9.95. The van der Waals surface area contributed by atoms with Gasteiger partial charge in [-0.3, -0.25) is 14.5 Å². The highest BCUT2D eigenvalue weighted by Gasteiger charge is 2.32. The first-order chi connectivity index (χ1) is 25.1. The zero-order valence-corrected chi connectivity index (χ0v) is 30.7. The van der Waals surface area contributed by atoms with E-state index in [1.165, 1.54) is 0 Å². The van der Waals surface area contributed by atoms with E-state index in [-0.39, 0.29) is 29.8 Å². The molecule has 2 aromatic heterocycles. The second kappa shape index (κ2) is 15.4. The van der Waals surface area contributed by atoms with Gasteiger partial charge < -0.3 is 30.5 Å². The fourth-order valence-corrected chi connectivity index (χ4v) is 7.87. The van der Waals surface area contributed by atoms with Crippen LogP contribution in [0.25, 0.3) is 11.1 Å². The van der Waals surface area contributed by atoms with Crippen LogP contribution in [0.5, 0.6) is 11.8 Å². The quantitative estimate of drug-likeness (QED) is 0.136. The molecule has 2 amide bonds. The summed E-state index contributed by atoms with van der Waals surface area (Å²) in [6.07, 6.45) is 5.01. The van der Waals surface area contributed by atoms with Gasteiger partial charge in [-0.2, -0.15) is 4.98 Å². The van der Waals surface area contributed by atoms with Crippen molar-refractivity contribution in [3.63, 3.8) is 0 Å². The van der Waals surface area contributed by atoms with Crippen molar-refractivity contribution in [2.45, 2.75) is 69.9 Å². The number of nitrogens with zero attached hydrogens (tertiary/aromatic N) is 3. The molecule has 4 aromatic rings. The third kappa shape index (κ3) is 8.04. The lowest BCUT2D eigenvalue weighted by Gasteiger charge is -2.19. The molecule has 2 fully saturated rings. The van der Waals surface area contributed by atoms with Gasteiger partial charge in [0.05, 0.1) is 23.3 Å². The molecule has 13 heteroatoms. The number of rotatable bonds is 12. The number of β-amino-alcohol motifs (C(OH)–C–C–N with tert-alkyl or cyclic N) is 1. The smallest absolute Gasteiger partial charge is 0.258 e. The summed E-state index contributed by atoms with van der Waals surface area (Å²) in [5.74, 6) is 0.861. The highest BCUT2D eigenvalue weighted by atomic mass is 35.5. The predicted molar refractivity (Wildman–Crippen MR) is 200 cm³/mol. The molecule has 0 radical (unpaired) electrons. The number of hydrogen-bond donors (Lipinski definition) is 4. The molecule has 1 unspecified atom stereocenters. The van der Waals surface area contributed by atoms with Crippen LogP contribution in [0.2, 0.25) is 10.0 Å². The zero-order chi connectivity index (χ0) is 36.4. The maximum Gasteiger partial charge on any atom is 0.258 e. The average Bonchev–Trinajstić information content (AvgIpc) is 3.84. The molecule has 4 heterocycles. The normalized spacial score (nSPS) is 21.2. The Kier molecular flexibility index (Phi) is 10.7. The van der Waals surface area contributed by atoms with E-state index in [1.54, 1.807) is 31.5 Å². The molecule has 1 aliphatic carbocycles. The van der Waals surface area contributed by atoms with Gasteiger partial charge in [-0.15, -0.1) is 0 Å². The maximum atomic E-state index is 13.4. The second-order valence-corrected chi connectivity index (χ2v) is 14.8. The summed E-state index contributed by atoms with van der Waals surface area (Å²) >= 11 is 13.7. The SMILES string of the molecule is COc1nc(O[C@H]2CCc3c(-c4cccc(C(=O)Nc5ccc(CN6CCC(C)(O)C6)cn5)c4Cl)cccc32)c(Cl)cc1CNC[C@@H]1CCC(=O)N1. The van der Waals surface area contributed by atoms with E-state index in [4.69, 9.17) is 32.7 Å². The van der Waals surface area contributed by atoms with Gasteiger partial charge >= 0.3 is 0 Å². The summed E-state index contributed by atoms with van der Waals surface area (Å²) in [6.45, 7) is 5.11. The van der Waals surface area contributed by atoms with Crippen molar-refractivity contribution in [3.05, 3.63) is 98.7 Å². The summed E-state index contributed by atoms with van der Waals surface area (Å²) in [5.41, 5.74) is 5.27. The minimum atomic E-state index is -0.658. The van der Waals surface area contributed by atoms with Crippen LogP contribution in [0, 0.1) is 0 Å². The second-order valence-electron chi connectivity index (χ2n) is 14.0. The summed E-state index contributed by atoms with van der Waals surface area (Å²) in [4.78, 5) is 36.2. The average molecular weight is 746 g/mol. The van der Waals surface area contributed by atoms with Gasteiger partial charge in [0.15, 0.2) is 0 Å². The number of pyridine rings is 2. The Balaban J connectivity index is 1.03. The molecule has 3 aliphatic rings. The van der Waals surface area contributed by atoms with Crippen molar-refractivity contribution < 1.29 is 24.2 Å². The van der Waals surface area contributed by atoms with Gasteiger partial charge in [-0.05, 0) is 73.1 Å². The van der Waals surface area contributed by atoms with Crippen molar-refractivity contribution in [2.75, 3.05) is 32.1 Å². The third-order valence-corrected chi connectivity index (χ3v) is 10.7. The minimum Gasteiger partial charge on any atom is -0.481 e. The van der Waals surface area contributed by atoms with E-state index in [2.05, 4.69) is 30.8 Å². The summed E-state index contributed by atoms with van der Waals surface area (Å²) in [7, 11) is 1.56. The largest absolute Gasteiger partial charge is 0.481 e. The molecule has 3 atom stereocenters. The Morgan fingerprint density at radius 2 is 1.92 bits per heavy atom. The number of aromatic nitrogens is 2. The number of amides is 2. The Hall–Kier alpha value is -4.26. The van der Waals surface area contributed by atoms with Crippen LogP contribution < -0.4 is 25.4 Å². The van der Waals surface area contributed by atoms with Crippen LogP contribution in [0.1, 0.15) is 71.3 Å². The highest BCUT2D eigenvalue weighted by Crippen LogP contribution is 2.43. The Morgan fingerprint density at radius 1 is 1.10 bits per heavy atom. The van der Waals surface area contributed by atoms with Crippen LogP contribution in [-0.4, -0.2) is 70.2 Å². The van der Waals surface area contributed by atoms with Crippen molar-refractivity contribution >= 4 is 40.8 Å². The van der Waals surface area contributed by atoms with Crippen molar-refractivity contribution in [1.29, 1.82) is 0 Å². The van der Waals surface area contributed by atoms with Crippen LogP contribution in [0.3, 0.4) is 0 Å². The predicted octanol–water partition coefficient (Wildman–Crippen LogP) is 6.10. The lowest BCUT2D eigenvalue weighted by molar-refractivity contribution is -0.119. The number of anilines is 1. The summed E-state index contributed by atoms with van der Waals surface area (Å²) in [5, 5.41) is 20.2. The number of nitrogens with one attached hydrogen (secondary N) is 3. The van der Waals surface area contributed by atoms with E-state index in [0.717, 1.165) is 59.2 Å². The monoisotopic (exact) mass is 744 g/mol. The number of hydrogen-bond acceptors (Lipinski definition) is 9. The van der Waals surface area contributed by atoms with E-state index >= 15 is 0 Å². The number of likely N-dealkylation sites (tertiary alicyclic amines) is 1. The molecule has 4 N–H and O–H groups in total. The molecule has 11 nitrogen and oxygen atoms in total. The number of benzene rings is 2. The van der Waals surface area contributed by atoms with Gasteiger partial charge in [0.2, 0.25) is 17.7 Å². The first kappa shape index (κ1) is 36.1. The molecule has 0 saturated carbocycles. The molecule has 2 aliphatic heterocycles. The number of halogens is 2. The topological polar surface area (TPSA) is 138 Å². The maximum absolute atomic E-state index is 13.4. The van der Waals surface area contributed by atoms with Crippen molar-refractivity contribution in [1.82, 2.24) is 25.5 Å². The molecule has 2 saturated heterocycles. The number of carbonyl (C=O) groups excluding carboxylic acids is 2. The number of methoxy groups -OCH3 is 1. The molecular formula is C39H42Cl2N6O5. The molecule has 0 bridgehead atoms. The van der Waals surface area contributed by atoms with Gasteiger partial charge in [0, 0.05) is 62.5 Å². The number of ether oxygens (including phenoxy) is 2. The van der Waals surface area contributed by atoms with E-state index < -0.39 is 5.60 Å². The minimum absolute atomic E-state index is 0.0810. The van der Waals surface area contributed by atoms with E-state index in [0.29, 0.717) is 66.3 Å². The molecule has 52 heavy (non-hydrogen) atoms. The third-order valence-electron chi connectivity index (χ3n) is 9.97. The summed E-state index contributed by atoms with van der Waals surface area (Å²) < 4.78 is 12.0. The molecule has 2 aromatic carbocycles.